The Kier molecular flexibility index (Phi) is 2.51. The van der Waals surface area contributed by atoms with Crippen LogP contribution in [0.3, 0.4) is 0 Å². The molecule has 0 saturated heterocycles. The quantitative estimate of drug-likeness (QED) is 0.211. The Balaban J connectivity index is 4.06. The molecular formula is C5H12N2OS. The highest BCUT2D eigenvalue weighted by Crippen LogP contribution is 2.16. The maximum absolute atomic E-state index is 8.63. The van der Waals surface area contributed by atoms with E-state index in [1.165, 1.54) is 0 Å². The van der Waals surface area contributed by atoms with E-state index in [9.17, 15) is 0 Å². The zero-order valence-electron chi connectivity index (χ0n) is 5.84. The van der Waals surface area contributed by atoms with Gasteiger partial charge in [0, 0.05) is 5.41 Å². The minimum atomic E-state index is -0.337. The van der Waals surface area contributed by atoms with Gasteiger partial charge in [0.15, 0.2) is 0 Å². The Morgan fingerprint density at radius 3 is 1.89 bits per heavy atom. The average Bonchev–Trinajstić information content (AvgIpc) is 1.62. The summed E-state index contributed by atoms with van der Waals surface area (Å²) in [6.07, 6.45) is 0. The summed E-state index contributed by atoms with van der Waals surface area (Å²) in [6.45, 7) is 5.48. The predicted octanol–water partition coefficient (Wildman–Crippen LogP) is 1.55. The van der Waals surface area contributed by atoms with Crippen LogP contribution in [-0.4, -0.2) is 15.5 Å². The molecule has 3 nitrogen and oxygen atoms in total. The second-order valence-corrected chi connectivity index (χ2v) is 3.27. The Labute approximate surface area is 60.7 Å². The van der Waals surface area contributed by atoms with Crippen molar-refractivity contribution in [3.63, 3.8) is 0 Å². The molecular weight excluding hydrogens is 136 g/mol. The van der Waals surface area contributed by atoms with Gasteiger partial charge >= 0.3 is 0 Å². The number of amidine groups is 1. The third-order valence-electron chi connectivity index (χ3n) is 0.910. The van der Waals surface area contributed by atoms with Crippen LogP contribution < -0.4 is 0 Å². The van der Waals surface area contributed by atoms with Gasteiger partial charge in [0.05, 0.1) is 0 Å². The number of rotatable bonds is 0. The molecule has 0 aromatic rings. The topological polar surface area (TPSA) is 47.3 Å². The first kappa shape index (κ1) is 8.78. The average molecular weight is 148 g/mol. The standard InChI is InChI=1S/C5H12N2OS/c1-5(2,3)4(6)7(8)9/h6,8-9H,1-3H3. The molecule has 0 aliphatic carbocycles. The first-order chi connectivity index (χ1) is 3.85. The SMILES string of the molecule is CC(C)(C)C(=N)N(O)S. The van der Waals surface area contributed by atoms with Gasteiger partial charge in [-0.15, -0.1) is 0 Å². The summed E-state index contributed by atoms with van der Waals surface area (Å²) >= 11 is 3.55. The third-order valence-corrected chi connectivity index (χ3v) is 1.11. The van der Waals surface area contributed by atoms with Gasteiger partial charge in [-0.2, -0.15) is 4.47 Å². The van der Waals surface area contributed by atoms with Crippen LogP contribution in [0.2, 0.25) is 0 Å². The fraction of sp³-hybridized carbons (Fsp3) is 0.800. The van der Waals surface area contributed by atoms with E-state index < -0.39 is 0 Å². The second kappa shape index (κ2) is 2.58. The third kappa shape index (κ3) is 2.72. The summed E-state index contributed by atoms with van der Waals surface area (Å²) < 4.78 is 0.528. The van der Waals surface area contributed by atoms with Crippen molar-refractivity contribution in [1.29, 1.82) is 5.41 Å². The molecule has 54 valence electrons. The summed E-state index contributed by atoms with van der Waals surface area (Å²) in [5.41, 5.74) is -0.337. The lowest BCUT2D eigenvalue weighted by Crippen LogP contribution is -2.30. The first-order valence-electron chi connectivity index (χ1n) is 2.62. The summed E-state index contributed by atoms with van der Waals surface area (Å²) in [6, 6.07) is 0. The summed E-state index contributed by atoms with van der Waals surface area (Å²) in [5, 5.41) is 15.8. The van der Waals surface area contributed by atoms with Gasteiger partial charge in [-0.05, 0) is 12.8 Å². The van der Waals surface area contributed by atoms with Crippen LogP contribution in [0.15, 0.2) is 0 Å². The molecule has 0 spiro atoms. The summed E-state index contributed by atoms with van der Waals surface area (Å²) in [5.74, 6) is 0.0887. The number of hydroxylamine groups is 1. The molecule has 0 atom stereocenters. The normalized spacial score (nSPS) is 11.2. The molecule has 0 bridgehead atoms. The fourth-order valence-corrected chi connectivity index (χ4v) is 0.600. The van der Waals surface area contributed by atoms with Gasteiger partial charge < -0.3 is 0 Å². The highest BCUT2D eigenvalue weighted by Gasteiger charge is 2.20. The molecule has 0 fully saturated rings. The van der Waals surface area contributed by atoms with Crippen molar-refractivity contribution in [3.05, 3.63) is 0 Å². The van der Waals surface area contributed by atoms with Gasteiger partial charge in [0.2, 0.25) is 0 Å². The molecule has 0 radical (unpaired) electrons. The number of hydrogen-bond acceptors (Lipinski definition) is 3. The van der Waals surface area contributed by atoms with E-state index in [1.54, 1.807) is 0 Å². The molecule has 0 aliphatic heterocycles. The van der Waals surface area contributed by atoms with Crippen LogP contribution in [0.5, 0.6) is 0 Å². The molecule has 0 unspecified atom stereocenters. The molecule has 0 heterocycles. The van der Waals surface area contributed by atoms with Crippen molar-refractivity contribution in [3.8, 4) is 0 Å². The van der Waals surface area contributed by atoms with Gasteiger partial charge in [-0.1, -0.05) is 20.8 Å². The van der Waals surface area contributed by atoms with Crippen molar-refractivity contribution in [2.45, 2.75) is 20.8 Å². The number of nitrogens with one attached hydrogen (secondary N) is 1. The van der Waals surface area contributed by atoms with Crippen molar-refractivity contribution in [2.75, 3.05) is 0 Å². The van der Waals surface area contributed by atoms with Crippen LogP contribution >= 0.6 is 12.8 Å². The minimum Gasteiger partial charge on any atom is -0.285 e. The van der Waals surface area contributed by atoms with E-state index in [2.05, 4.69) is 12.8 Å². The monoisotopic (exact) mass is 148 g/mol. The Morgan fingerprint density at radius 2 is 1.89 bits per heavy atom. The van der Waals surface area contributed by atoms with E-state index >= 15 is 0 Å². The van der Waals surface area contributed by atoms with Crippen molar-refractivity contribution in [2.24, 2.45) is 5.41 Å². The summed E-state index contributed by atoms with van der Waals surface area (Å²) in [7, 11) is 0. The molecule has 2 N–H and O–H groups in total. The molecule has 0 aromatic heterocycles. The first-order valence-corrected chi connectivity index (χ1v) is 3.02. The Hall–Kier alpha value is -0.220. The molecule has 0 aromatic carbocycles. The molecule has 0 aliphatic rings. The lowest BCUT2D eigenvalue weighted by atomic mass is 9.96. The Morgan fingerprint density at radius 1 is 1.56 bits per heavy atom. The predicted molar refractivity (Wildman–Crippen MR) is 39.8 cm³/mol. The van der Waals surface area contributed by atoms with E-state index in [1.807, 2.05) is 20.8 Å². The molecule has 0 saturated carbocycles. The lowest BCUT2D eigenvalue weighted by Gasteiger charge is -2.22. The van der Waals surface area contributed by atoms with Gasteiger partial charge in [0.1, 0.15) is 5.84 Å². The zero-order chi connectivity index (χ0) is 7.65. The second-order valence-electron chi connectivity index (χ2n) is 2.89. The van der Waals surface area contributed by atoms with Gasteiger partial charge in [-0.25, -0.2) is 0 Å². The van der Waals surface area contributed by atoms with E-state index in [4.69, 9.17) is 10.6 Å². The zero-order valence-corrected chi connectivity index (χ0v) is 6.74. The molecule has 0 rings (SSSR count). The van der Waals surface area contributed by atoms with Crippen LogP contribution in [-0.2, 0) is 0 Å². The van der Waals surface area contributed by atoms with Crippen molar-refractivity contribution >= 4 is 18.7 Å². The van der Waals surface area contributed by atoms with Crippen molar-refractivity contribution in [1.82, 2.24) is 4.47 Å². The summed E-state index contributed by atoms with van der Waals surface area (Å²) in [4.78, 5) is 0. The molecule has 4 heteroatoms. The van der Waals surface area contributed by atoms with Crippen molar-refractivity contribution < 1.29 is 5.21 Å². The van der Waals surface area contributed by atoms with Crippen LogP contribution in [0.4, 0.5) is 0 Å². The molecule has 9 heavy (non-hydrogen) atoms. The largest absolute Gasteiger partial charge is 0.285 e. The fourth-order valence-electron chi connectivity index (χ4n) is 0.300. The number of hydrogen-bond donors (Lipinski definition) is 3. The molecule has 0 amide bonds. The highest BCUT2D eigenvalue weighted by atomic mass is 32.1. The van der Waals surface area contributed by atoms with Gasteiger partial charge in [0.25, 0.3) is 0 Å². The van der Waals surface area contributed by atoms with E-state index in [-0.39, 0.29) is 11.3 Å². The maximum Gasteiger partial charge on any atom is 0.139 e. The van der Waals surface area contributed by atoms with E-state index in [0.29, 0.717) is 4.47 Å². The van der Waals surface area contributed by atoms with E-state index in [0.717, 1.165) is 0 Å². The minimum absolute atomic E-state index is 0.0887. The number of thiol groups is 1. The smallest absolute Gasteiger partial charge is 0.139 e. The number of nitrogens with zero attached hydrogens (tertiary/aromatic N) is 1. The Bertz CT molecular complexity index is 117. The van der Waals surface area contributed by atoms with Crippen LogP contribution in [0.25, 0.3) is 0 Å². The lowest BCUT2D eigenvalue weighted by molar-refractivity contribution is 0.0849. The highest BCUT2D eigenvalue weighted by molar-refractivity contribution is 7.78. The van der Waals surface area contributed by atoms with Crippen LogP contribution in [0, 0.1) is 10.8 Å². The van der Waals surface area contributed by atoms with Crippen LogP contribution in [0.1, 0.15) is 20.8 Å². The van der Waals surface area contributed by atoms with Gasteiger partial charge in [-0.3, -0.25) is 10.6 Å². The maximum atomic E-state index is 8.63.